The molecular formula is C19H15Cl2F2N5O7S. The molecule has 0 amide bonds. The zero-order chi connectivity index (χ0) is 26.4. The van der Waals surface area contributed by atoms with E-state index in [0.717, 1.165) is 24.4 Å². The average Bonchev–Trinajstić information content (AvgIpc) is 2.79. The van der Waals surface area contributed by atoms with Gasteiger partial charge in [-0.2, -0.15) is 9.78 Å². The molecule has 4 N–H and O–H groups in total. The van der Waals surface area contributed by atoms with Gasteiger partial charge in [0.15, 0.2) is 17.2 Å². The average molecular weight is 566 g/mol. The van der Waals surface area contributed by atoms with Crippen molar-refractivity contribution in [1.82, 2.24) is 24.5 Å². The van der Waals surface area contributed by atoms with E-state index in [1.54, 1.807) is 4.98 Å². The number of halogens is 4. The molecule has 2 atom stereocenters. The molecule has 0 radical (unpaired) electrons. The molecule has 1 aliphatic carbocycles. The lowest BCUT2D eigenvalue weighted by Gasteiger charge is -2.32. The summed E-state index contributed by atoms with van der Waals surface area (Å²) in [6.45, 7) is 0. The fraction of sp³-hybridized carbons (Fsp3) is 0.263. The molecule has 17 heteroatoms. The van der Waals surface area contributed by atoms with Gasteiger partial charge in [0.2, 0.25) is 15.9 Å². The lowest BCUT2D eigenvalue weighted by molar-refractivity contribution is 0.0612. The van der Waals surface area contributed by atoms with Crippen LogP contribution >= 0.6 is 23.2 Å². The highest BCUT2D eigenvalue weighted by Gasteiger charge is 2.34. The number of aliphatic hydroxyl groups is 1. The van der Waals surface area contributed by atoms with Crippen molar-refractivity contribution in [2.24, 2.45) is 0 Å². The van der Waals surface area contributed by atoms with Crippen molar-refractivity contribution >= 4 is 33.2 Å². The smallest absolute Gasteiger partial charge is 0.349 e. The van der Waals surface area contributed by atoms with Gasteiger partial charge in [-0.05, 0) is 25.0 Å². The number of nitrogens with one attached hydrogen (secondary N) is 2. The van der Waals surface area contributed by atoms with Crippen molar-refractivity contribution in [2.75, 3.05) is 0 Å². The second-order valence-corrected chi connectivity index (χ2v) is 10.1. The van der Waals surface area contributed by atoms with E-state index in [1.807, 2.05) is 0 Å². The molecule has 0 bridgehead atoms. The molecule has 4 rings (SSSR count). The van der Waals surface area contributed by atoms with E-state index in [4.69, 9.17) is 27.9 Å². The van der Waals surface area contributed by atoms with Crippen LogP contribution < -0.4 is 20.7 Å². The molecular weight excluding hydrogens is 551 g/mol. The second kappa shape index (κ2) is 9.74. The number of rotatable bonds is 7. The van der Waals surface area contributed by atoms with Gasteiger partial charge in [0, 0.05) is 12.1 Å². The summed E-state index contributed by atoms with van der Waals surface area (Å²) >= 11 is 12.4. The summed E-state index contributed by atoms with van der Waals surface area (Å²) < 4.78 is 59.5. The van der Waals surface area contributed by atoms with Crippen LogP contribution in [-0.4, -0.2) is 50.5 Å². The van der Waals surface area contributed by atoms with Crippen LogP contribution in [0.3, 0.4) is 0 Å². The van der Waals surface area contributed by atoms with Gasteiger partial charge in [-0.25, -0.2) is 31.7 Å². The number of aliphatic hydroxyl groups excluding tert-OH is 1. The normalized spacial score (nSPS) is 17.7. The van der Waals surface area contributed by atoms with Crippen LogP contribution in [0, 0.1) is 0 Å². The predicted molar refractivity (Wildman–Crippen MR) is 121 cm³/mol. The summed E-state index contributed by atoms with van der Waals surface area (Å²) in [5, 5.41) is 22.5. The molecule has 36 heavy (non-hydrogen) atoms. The fourth-order valence-corrected chi connectivity index (χ4v) is 5.10. The Hall–Kier alpha value is -3.11. The molecule has 2 heterocycles. The fourth-order valence-electron chi connectivity index (χ4n) is 3.17. The Morgan fingerprint density at radius 1 is 1.19 bits per heavy atom. The van der Waals surface area contributed by atoms with E-state index < -0.39 is 56.2 Å². The molecule has 3 aromatic rings. The monoisotopic (exact) mass is 565 g/mol. The minimum absolute atomic E-state index is 0.189. The van der Waals surface area contributed by atoms with Crippen LogP contribution in [-0.2, 0) is 10.0 Å². The van der Waals surface area contributed by atoms with Gasteiger partial charge < -0.3 is 14.9 Å². The quantitative estimate of drug-likeness (QED) is 0.333. The highest BCUT2D eigenvalue weighted by molar-refractivity contribution is 7.89. The van der Waals surface area contributed by atoms with Gasteiger partial charge in [0.25, 0.3) is 12.0 Å². The number of sulfonamides is 1. The number of hydrogen-bond acceptors (Lipinski definition) is 9. The van der Waals surface area contributed by atoms with E-state index in [2.05, 4.69) is 14.8 Å². The zero-order valence-electron chi connectivity index (χ0n) is 17.7. The number of pyridine rings is 1. The molecule has 1 fully saturated rings. The van der Waals surface area contributed by atoms with Crippen LogP contribution in [0.15, 0.2) is 38.9 Å². The van der Waals surface area contributed by atoms with E-state index in [0.29, 0.717) is 17.5 Å². The Morgan fingerprint density at radius 3 is 2.42 bits per heavy atom. The molecule has 12 nitrogen and oxygen atoms in total. The number of alkyl halides is 2. The standard InChI is InChI=1S/C19H15Cl2F2N5O7S/c20-8-3-7(28-19(32)25-18(31)15(26-28)17(22)23)4-9(21)16(8)35-14-5-13(12(30)6-24-14)36(33,34)27-10-1-2-11(10)29/h3-6,10-11,17,27,29-30H,1-2H2,(H,25,31,32)/t10-,11-/m1/s1. The summed E-state index contributed by atoms with van der Waals surface area (Å²) in [5.41, 5.74) is -3.88. The van der Waals surface area contributed by atoms with Gasteiger partial charge in [-0.1, -0.05) is 23.2 Å². The Kier molecular flexibility index (Phi) is 7.03. The maximum atomic E-state index is 13.0. The highest BCUT2D eigenvalue weighted by atomic mass is 35.5. The molecule has 1 aliphatic rings. The van der Waals surface area contributed by atoms with Crippen molar-refractivity contribution in [3.63, 3.8) is 0 Å². The minimum atomic E-state index is -4.26. The summed E-state index contributed by atoms with van der Waals surface area (Å²) in [5.74, 6) is -1.29. The van der Waals surface area contributed by atoms with Gasteiger partial charge in [-0.3, -0.25) is 9.78 Å². The Bertz CT molecular complexity index is 1540. The van der Waals surface area contributed by atoms with Crippen LogP contribution in [0.1, 0.15) is 25.0 Å². The first kappa shape index (κ1) is 26.0. The van der Waals surface area contributed by atoms with E-state index >= 15 is 0 Å². The first-order chi connectivity index (χ1) is 16.9. The van der Waals surface area contributed by atoms with E-state index in [1.165, 1.54) is 0 Å². The number of hydrogen-bond donors (Lipinski definition) is 4. The third-order valence-electron chi connectivity index (χ3n) is 5.15. The molecule has 0 aliphatic heterocycles. The lowest BCUT2D eigenvalue weighted by Crippen LogP contribution is -2.50. The molecule has 192 valence electrons. The molecule has 0 spiro atoms. The van der Waals surface area contributed by atoms with Crippen LogP contribution in [0.5, 0.6) is 17.4 Å². The van der Waals surface area contributed by atoms with Gasteiger partial charge in [0.1, 0.15) is 4.90 Å². The largest absolute Gasteiger partial charge is 0.505 e. The lowest BCUT2D eigenvalue weighted by atomic mass is 9.90. The predicted octanol–water partition coefficient (Wildman–Crippen LogP) is 1.86. The summed E-state index contributed by atoms with van der Waals surface area (Å²) in [6, 6.07) is 2.33. The van der Waals surface area contributed by atoms with E-state index in [9.17, 15) is 37.0 Å². The van der Waals surface area contributed by atoms with Crippen LogP contribution in [0.25, 0.3) is 5.69 Å². The molecule has 0 unspecified atom stereocenters. The molecule has 2 aromatic heterocycles. The number of nitrogens with zero attached hydrogens (tertiary/aromatic N) is 3. The van der Waals surface area contributed by atoms with Crippen molar-refractivity contribution in [1.29, 1.82) is 0 Å². The number of H-pyrrole nitrogens is 1. The SMILES string of the molecule is O=c1[nH]c(=O)n(-c2cc(Cl)c(Oc3cc(S(=O)(=O)N[C@@H]4CC[C@H]4O)c(O)cn3)c(Cl)c2)nc1C(F)F. The molecule has 0 saturated heterocycles. The van der Waals surface area contributed by atoms with Gasteiger partial charge >= 0.3 is 5.69 Å². The number of aromatic hydroxyl groups is 1. The summed E-state index contributed by atoms with van der Waals surface area (Å²) in [6.07, 6.45) is -2.45. The topological polar surface area (TPSA) is 176 Å². The first-order valence-corrected chi connectivity index (χ1v) is 12.2. The maximum Gasteiger partial charge on any atom is 0.349 e. The maximum absolute atomic E-state index is 13.0. The van der Waals surface area contributed by atoms with Crippen molar-refractivity contribution in [3.05, 3.63) is 61.0 Å². The summed E-state index contributed by atoms with van der Waals surface area (Å²) in [7, 11) is -4.26. The molecule has 1 aromatic carbocycles. The first-order valence-electron chi connectivity index (χ1n) is 9.95. The van der Waals surface area contributed by atoms with Crippen molar-refractivity contribution in [3.8, 4) is 23.1 Å². The third kappa shape index (κ3) is 5.05. The highest BCUT2D eigenvalue weighted by Crippen LogP contribution is 2.38. The number of ether oxygens (including phenoxy) is 1. The Balaban J connectivity index is 1.67. The van der Waals surface area contributed by atoms with Crippen LogP contribution in [0.4, 0.5) is 8.78 Å². The third-order valence-corrected chi connectivity index (χ3v) is 7.23. The number of aromatic amines is 1. The molecule has 1 saturated carbocycles. The van der Waals surface area contributed by atoms with Gasteiger partial charge in [-0.15, -0.1) is 0 Å². The van der Waals surface area contributed by atoms with Gasteiger partial charge in [0.05, 0.1) is 28.0 Å². The van der Waals surface area contributed by atoms with Crippen molar-refractivity contribution < 1.29 is 32.1 Å². The van der Waals surface area contributed by atoms with Crippen LogP contribution in [0.2, 0.25) is 10.0 Å². The Morgan fingerprint density at radius 2 is 1.86 bits per heavy atom. The summed E-state index contributed by atoms with van der Waals surface area (Å²) in [4.78, 5) is 28.5. The second-order valence-electron chi connectivity index (χ2n) is 7.56. The number of aromatic nitrogens is 4. The zero-order valence-corrected chi connectivity index (χ0v) is 20.0. The Labute approximate surface area is 210 Å². The minimum Gasteiger partial charge on any atom is -0.505 e. The number of benzene rings is 1. The van der Waals surface area contributed by atoms with Crippen molar-refractivity contribution in [2.45, 2.75) is 36.3 Å². The van der Waals surface area contributed by atoms with E-state index in [-0.39, 0.29) is 27.4 Å².